The Morgan fingerprint density at radius 1 is 1.53 bits per heavy atom. The van der Waals surface area contributed by atoms with E-state index in [1.165, 1.54) is 23.2 Å². The lowest BCUT2D eigenvalue weighted by Crippen LogP contribution is -2.34. The van der Waals surface area contributed by atoms with Crippen molar-refractivity contribution in [1.29, 1.82) is 0 Å². The normalized spacial score (nSPS) is 22.7. The highest BCUT2D eigenvalue weighted by Gasteiger charge is 2.26. The summed E-state index contributed by atoms with van der Waals surface area (Å²) in [5, 5.41) is 3.15. The largest absolute Gasteiger partial charge is 0.311 e. The summed E-state index contributed by atoms with van der Waals surface area (Å²) in [6.07, 6.45) is 3.59. The highest BCUT2D eigenvalue weighted by atomic mass is 32.2. The van der Waals surface area contributed by atoms with Gasteiger partial charge in [-0.25, -0.2) is 13.4 Å². The van der Waals surface area contributed by atoms with Crippen molar-refractivity contribution in [2.24, 2.45) is 0 Å². The molecule has 0 radical (unpaired) electrons. The minimum atomic E-state index is -2.84. The van der Waals surface area contributed by atoms with Gasteiger partial charge < -0.3 is 5.32 Å². The maximum Gasteiger partial charge on any atom is 0.253 e. The van der Waals surface area contributed by atoms with Crippen LogP contribution in [0.25, 0.3) is 0 Å². The summed E-state index contributed by atoms with van der Waals surface area (Å²) < 4.78 is 23.9. The van der Waals surface area contributed by atoms with Crippen LogP contribution in [0.3, 0.4) is 0 Å². The molecule has 1 aromatic rings. The van der Waals surface area contributed by atoms with Gasteiger partial charge in [0.05, 0.1) is 17.8 Å². The molecular formula is C10H15N3O3S. The molecule has 1 aromatic heterocycles. The van der Waals surface area contributed by atoms with Crippen LogP contribution < -0.4 is 10.9 Å². The van der Waals surface area contributed by atoms with E-state index in [1.807, 2.05) is 0 Å². The number of nitrogens with one attached hydrogen (secondary N) is 1. The molecule has 6 nitrogen and oxygen atoms in total. The summed E-state index contributed by atoms with van der Waals surface area (Å²) in [4.78, 5) is 15.2. The average Bonchev–Trinajstić information content (AvgIpc) is 2.61. The van der Waals surface area contributed by atoms with Gasteiger partial charge in [-0.3, -0.25) is 9.36 Å². The summed E-state index contributed by atoms with van der Waals surface area (Å²) in [7, 11) is -2.84. The molecule has 0 bridgehead atoms. The lowest BCUT2D eigenvalue weighted by atomic mass is 10.2. The Labute approximate surface area is 99.6 Å². The van der Waals surface area contributed by atoms with E-state index in [-0.39, 0.29) is 23.1 Å². The molecule has 0 aromatic carbocycles. The van der Waals surface area contributed by atoms with Gasteiger partial charge in [0.25, 0.3) is 5.56 Å². The van der Waals surface area contributed by atoms with Crippen LogP contribution in [-0.4, -0.2) is 42.1 Å². The fourth-order valence-electron chi connectivity index (χ4n) is 1.89. The van der Waals surface area contributed by atoms with Crippen LogP contribution in [0.2, 0.25) is 0 Å². The molecule has 7 heteroatoms. The van der Waals surface area contributed by atoms with Gasteiger partial charge in [0, 0.05) is 31.4 Å². The molecule has 17 heavy (non-hydrogen) atoms. The lowest BCUT2D eigenvalue weighted by Gasteiger charge is -2.11. The minimum Gasteiger partial charge on any atom is -0.311 e. The van der Waals surface area contributed by atoms with Gasteiger partial charge in [0.1, 0.15) is 0 Å². The number of nitrogens with zero attached hydrogens (tertiary/aromatic N) is 2. The summed E-state index contributed by atoms with van der Waals surface area (Å²) in [6.45, 7) is 1.08. The number of sulfone groups is 1. The van der Waals surface area contributed by atoms with E-state index in [0.29, 0.717) is 19.5 Å². The standard InChI is InChI=1S/C10H15N3O3S/c14-10-1-3-11-8-13(10)5-4-12-9-2-6-17(15,16)7-9/h1,3,8-9,12H,2,4-7H2. The first kappa shape index (κ1) is 12.3. The number of hydrogen-bond donors (Lipinski definition) is 1. The van der Waals surface area contributed by atoms with Gasteiger partial charge >= 0.3 is 0 Å². The Morgan fingerprint density at radius 2 is 2.35 bits per heavy atom. The van der Waals surface area contributed by atoms with E-state index in [2.05, 4.69) is 10.3 Å². The first-order valence-electron chi connectivity index (χ1n) is 5.51. The Bertz CT molecular complexity index is 538. The predicted molar refractivity (Wildman–Crippen MR) is 63.6 cm³/mol. The molecule has 94 valence electrons. The molecule has 0 saturated carbocycles. The Kier molecular flexibility index (Phi) is 3.58. The van der Waals surface area contributed by atoms with Crippen LogP contribution in [0.15, 0.2) is 23.4 Å². The van der Waals surface area contributed by atoms with Crippen LogP contribution in [0.4, 0.5) is 0 Å². The maximum atomic E-state index is 11.3. The molecule has 0 amide bonds. The number of aromatic nitrogens is 2. The van der Waals surface area contributed by atoms with Gasteiger partial charge in [-0.2, -0.15) is 0 Å². The molecule has 1 atom stereocenters. The van der Waals surface area contributed by atoms with Crippen molar-refractivity contribution in [2.75, 3.05) is 18.1 Å². The van der Waals surface area contributed by atoms with Crippen molar-refractivity contribution >= 4 is 9.84 Å². The number of rotatable bonds is 4. The zero-order valence-corrected chi connectivity index (χ0v) is 10.2. The molecule has 1 N–H and O–H groups in total. The zero-order valence-electron chi connectivity index (χ0n) is 9.37. The summed E-state index contributed by atoms with van der Waals surface area (Å²) in [6, 6.07) is 1.42. The predicted octanol–water partition coefficient (Wildman–Crippen LogP) is -0.980. The van der Waals surface area contributed by atoms with Crippen LogP contribution in [0.5, 0.6) is 0 Å². The van der Waals surface area contributed by atoms with E-state index < -0.39 is 9.84 Å². The molecule has 1 aliphatic rings. The topological polar surface area (TPSA) is 81.1 Å². The third-order valence-corrected chi connectivity index (χ3v) is 4.58. The summed E-state index contributed by atoms with van der Waals surface area (Å²) in [5.74, 6) is 0.465. The highest BCUT2D eigenvalue weighted by Crippen LogP contribution is 2.10. The first-order chi connectivity index (χ1) is 8.07. The van der Waals surface area contributed by atoms with Crippen LogP contribution in [0, 0.1) is 0 Å². The Balaban J connectivity index is 1.81. The molecule has 2 heterocycles. The van der Waals surface area contributed by atoms with Gasteiger partial charge in [-0.1, -0.05) is 0 Å². The SMILES string of the molecule is O=c1ccncn1CCNC1CCS(=O)(=O)C1. The smallest absolute Gasteiger partial charge is 0.253 e. The second-order valence-corrected chi connectivity index (χ2v) is 6.39. The van der Waals surface area contributed by atoms with Crippen molar-refractivity contribution in [1.82, 2.24) is 14.9 Å². The van der Waals surface area contributed by atoms with Crippen molar-refractivity contribution in [3.8, 4) is 0 Å². The zero-order chi connectivity index (χ0) is 12.3. The van der Waals surface area contributed by atoms with E-state index in [4.69, 9.17) is 0 Å². The molecule has 1 fully saturated rings. The van der Waals surface area contributed by atoms with Crippen molar-refractivity contribution in [3.05, 3.63) is 28.9 Å². The van der Waals surface area contributed by atoms with E-state index >= 15 is 0 Å². The molecule has 1 aliphatic heterocycles. The molecule has 0 spiro atoms. The van der Waals surface area contributed by atoms with Crippen molar-refractivity contribution < 1.29 is 8.42 Å². The van der Waals surface area contributed by atoms with Crippen LogP contribution in [-0.2, 0) is 16.4 Å². The van der Waals surface area contributed by atoms with E-state index in [1.54, 1.807) is 0 Å². The van der Waals surface area contributed by atoms with Gasteiger partial charge in [0.2, 0.25) is 0 Å². The monoisotopic (exact) mass is 257 g/mol. The van der Waals surface area contributed by atoms with E-state index in [0.717, 1.165) is 0 Å². The van der Waals surface area contributed by atoms with Crippen LogP contribution in [0.1, 0.15) is 6.42 Å². The van der Waals surface area contributed by atoms with Crippen molar-refractivity contribution in [2.45, 2.75) is 19.0 Å². The van der Waals surface area contributed by atoms with Crippen molar-refractivity contribution in [3.63, 3.8) is 0 Å². The second kappa shape index (κ2) is 4.97. The maximum absolute atomic E-state index is 11.3. The first-order valence-corrected chi connectivity index (χ1v) is 7.33. The fraction of sp³-hybridized carbons (Fsp3) is 0.600. The molecule has 2 rings (SSSR count). The average molecular weight is 257 g/mol. The second-order valence-electron chi connectivity index (χ2n) is 4.17. The van der Waals surface area contributed by atoms with Gasteiger partial charge in [0.15, 0.2) is 9.84 Å². The van der Waals surface area contributed by atoms with Gasteiger partial charge in [-0.05, 0) is 6.42 Å². The molecule has 1 saturated heterocycles. The highest BCUT2D eigenvalue weighted by molar-refractivity contribution is 7.91. The lowest BCUT2D eigenvalue weighted by molar-refractivity contribution is 0.511. The number of hydrogen-bond acceptors (Lipinski definition) is 5. The third-order valence-electron chi connectivity index (χ3n) is 2.81. The Morgan fingerprint density at radius 3 is 3.00 bits per heavy atom. The van der Waals surface area contributed by atoms with Gasteiger partial charge in [-0.15, -0.1) is 0 Å². The molecule has 1 unspecified atom stereocenters. The molecular weight excluding hydrogens is 242 g/mol. The quantitative estimate of drug-likeness (QED) is 0.750. The Hall–Kier alpha value is -1.21. The molecule has 0 aliphatic carbocycles. The van der Waals surface area contributed by atoms with Crippen LogP contribution >= 0.6 is 0 Å². The fourth-order valence-corrected chi connectivity index (χ4v) is 3.60. The minimum absolute atomic E-state index is 0.0207. The summed E-state index contributed by atoms with van der Waals surface area (Å²) in [5.41, 5.74) is -0.0964. The van der Waals surface area contributed by atoms with E-state index in [9.17, 15) is 13.2 Å². The summed E-state index contributed by atoms with van der Waals surface area (Å²) >= 11 is 0. The third kappa shape index (κ3) is 3.37.